The van der Waals surface area contributed by atoms with E-state index in [1.54, 1.807) is 0 Å². The van der Waals surface area contributed by atoms with Crippen molar-refractivity contribution in [3.8, 4) is 0 Å². The molecule has 50 heavy (non-hydrogen) atoms. The number of aryl methyl sites for hydroxylation is 2. The molecule has 0 aromatic heterocycles. The molecule has 1 saturated heterocycles. The maximum Gasteiger partial charge on any atom is 0.254 e. The fourth-order valence-electron chi connectivity index (χ4n) is 8.60. The lowest BCUT2D eigenvalue weighted by Gasteiger charge is -2.58. The van der Waals surface area contributed by atoms with Crippen LogP contribution >= 0.6 is 23.2 Å². The highest BCUT2D eigenvalue weighted by Gasteiger charge is 2.53. The first kappa shape index (κ1) is 38.4. The highest BCUT2D eigenvalue weighted by Crippen LogP contribution is 2.48. The van der Waals surface area contributed by atoms with Crippen LogP contribution < -0.4 is 5.31 Å². The van der Waals surface area contributed by atoms with Gasteiger partial charge in [-0.3, -0.25) is 14.5 Å². The second kappa shape index (κ2) is 15.0. The molecule has 0 bridgehead atoms. The molecule has 1 fully saturated rings. The summed E-state index contributed by atoms with van der Waals surface area (Å²) in [5.41, 5.74) is 9.34. The largest absolute Gasteiger partial charge is 0.346 e. The Hall–Kier alpha value is -2.86. The number of halogens is 2. The van der Waals surface area contributed by atoms with E-state index >= 15 is 0 Å². The molecule has 3 aromatic rings. The van der Waals surface area contributed by atoms with Gasteiger partial charge in [0.25, 0.3) is 5.91 Å². The van der Waals surface area contributed by atoms with Crippen molar-refractivity contribution in [2.75, 3.05) is 20.1 Å². The van der Waals surface area contributed by atoms with Crippen LogP contribution in [-0.4, -0.2) is 53.3 Å². The third kappa shape index (κ3) is 7.12. The number of hydrogen-bond donors (Lipinski definition) is 1. The van der Waals surface area contributed by atoms with Gasteiger partial charge in [-0.15, -0.1) is 0 Å². The SMILES string of the molecule is [2H]N(C(C)=O)C1(c2cccc(C)c2C)CCN(CC(C)[C@@H](c2cc(Cl)c(Cl)c(C)c2C)C(C)N(C)C(=O)c2ccc(C)c(C)c2C)C(C)(C)C1C.[HH].[HH].[HH].[HH].[HH].[HH].[HH].[HH].[HH].[HH].[HH].[HH].[HH].[HH].[HH].[HH].[HH].[HH].[HH].[HH].[HH].[HH].[HH].[HH].[HH].[HH].[HH].[HH].[HH].[HH].[HH].[HH].[HH].[HH].[HH].[HH].[HH].[HH].[HH].[HH].[HH].[HH].[HH].[HH].[HH].[HH].[HH].[HH].[HH].[HH].[HH].[HH].[HH].[HH].[HH].[HH].[HH].[HH].[HH].[HH].[HH].[HH].[HH].[HH].[HH].[HH].[HH].[HH].[HH].[HH].[HH].[HH].[HH].[HH].[HH].[HH].[HH].[HH].[HH].[HH].[HH].[HH].[HH].[HH].[HH].[HH].[HH].[HH].[HH].[HH].[HH].[HH].[HH].[HH].[HH].[HH].[HH].[HH].[HH].[HH].[HH].[HH].[HH].[HH].[HH].[HH].[HH].[HH].[HH].[HH].[HH].[HH].[HH].[HH].[HH].[HH].[HH].[HH].[HH].[HH].[HH].[HH].[HH].[HH].[HH].[HH].[HH].[HH].[HH].[HH].[HH].[HH].[HH].[HH].[HH].[HH].[HH].[HH].[HH].[HH].[HH].[HH].[HH].[HH].[HH].[HH].[HH].[HH].[HH].[HH].[HH].[HH].[HH].[HH].[HH].[HH].[HH].[HH].[HH].[HH].[HH].[HH].[HH].[HH].[HH].[HH].[HH].[HH].[HH].[HH].[HH].[HH].[HH].[HH].[HH].[HH].[HH].[HH].[HH].[HH].[HH].[HH].[HH].[HH].[HH].[HH].[HH].[HH].[HH].[HH].[HH].[HH].[HH].[HH].[HH].[HH].[HH].[HH].[HH].[HH].[HH].[HH]. The maximum absolute atomic E-state index is 14.2. The number of nitrogens with one attached hydrogen (secondary N) is 1. The van der Waals surface area contributed by atoms with Crippen molar-refractivity contribution in [1.29, 1.82) is 0 Å². The van der Waals surface area contributed by atoms with Gasteiger partial charge in [-0.05, 0) is 144 Å². The van der Waals surface area contributed by atoms with Crippen LogP contribution in [0, 0.1) is 60.3 Å². The number of nitrogens with zero attached hydrogens (tertiary/aromatic N) is 2. The van der Waals surface area contributed by atoms with E-state index in [9.17, 15) is 11.0 Å². The molecular weight excluding hydrogens is 661 g/mol. The van der Waals surface area contributed by atoms with Crippen molar-refractivity contribution in [1.82, 2.24) is 15.1 Å². The van der Waals surface area contributed by atoms with Gasteiger partial charge in [0, 0.05) is 344 Å². The van der Waals surface area contributed by atoms with E-state index in [2.05, 4.69) is 86.3 Å². The first-order valence-electron chi connectivity index (χ1n) is 18.5. The van der Waals surface area contributed by atoms with Crippen molar-refractivity contribution >= 4 is 35.0 Å². The normalized spacial score (nSPS) is 21.3. The van der Waals surface area contributed by atoms with Crippen LogP contribution in [0.1, 0.15) is 402 Å². The van der Waals surface area contributed by atoms with Gasteiger partial charge in [-0.2, -0.15) is 0 Å². The molecule has 2 amide bonds. The van der Waals surface area contributed by atoms with Crippen molar-refractivity contribution < 1.29 is 299 Å². The Morgan fingerprint density at radius 3 is 2.22 bits per heavy atom. The van der Waals surface area contributed by atoms with Gasteiger partial charge in [-0.1, -0.05) is 61.3 Å². The highest BCUT2D eigenvalue weighted by molar-refractivity contribution is 6.42. The zero-order valence-electron chi connectivity index (χ0n) is 33.8. The van der Waals surface area contributed by atoms with Gasteiger partial charge < -0.3 is 10.2 Å². The molecule has 4 unspecified atom stereocenters. The van der Waals surface area contributed by atoms with E-state index in [0.717, 1.165) is 56.6 Å². The molecule has 4 rings (SSSR count). The molecule has 3 aromatic carbocycles. The monoisotopic (exact) mass is 1130 g/mol. The summed E-state index contributed by atoms with van der Waals surface area (Å²) < 4.78 is 9.21. The lowest BCUT2D eigenvalue weighted by molar-refractivity contribution is -0.125. The second-order valence-electron chi connectivity index (χ2n) is 15.7. The number of rotatable bonds is 9. The Bertz CT molecular complexity index is 2000. The number of likely N-dealkylation sites (N-methyl/N-ethyl adjacent to an activating group) is 1. The fraction of sp³-hybridized carbons (Fsp3) is 0.535. The third-order valence-electron chi connectivity index (χ3n) is 12.8. The average molecular weight is 1130 g/mol. The Balaban J connectivity index is -0.000000000733. The fourth-order valence-corrected chi connectivity index (χ4v) is 9.05. The molecule has 1 heterocycles. The van der Waals surface area contributed by atoms with Gasteiger partial charge in [-0.25, -0.2) is 0 Å². The van der Waals surface area contributed by atoms with Gasteiger partial charge in [0.05, 0.1) is 15.6 Å². The molecule has 1 aliphatic rings. The molecule has 0 spiro atoms. The van der Waals surface area contributed by atoms with Crippen molar-refractivity contribution in [2.24, 2.45) is 11.8 Å². The van der Waals surface area contributed by atoms with E-state index in [-0.39, 0.29) is 329 Å². The first-order chi connectivity index (χ1) is 23.6. The smallest absolute Gasteiger partial charge is 0.254 e. The minimum Gasteiger partial charge on any atom is -0.346 e. The quantitative estimate of drug-likeness (QED) is 0.232. The Labute approximate surface area is 613 Å². The van der Waals surface area contributed by atoms with Crippen LogP contribution in [0.3, 0.4) is 0 Å². The average Bonchev–Trinajstić information content (AvgIpc) is 3.08. The standard InChI is InChI=1S/C43H59Cl2N3O2.202H2/c1-24-16-15-17-37(28(24)5)43(46-34(11)49)20-21-48(42(12,13)33(43)10)23-26(3)39(36-22-38(44)40(45)31(8)30(36)7)32(9)47(14)41(50)35-19-18-25(2)27(4)29(35)6;;;;;;;;;;;;;;;;;;;;;;;;;;;;;;;;;;;;;;;;;;;;;;;;;;;;;;;;;;;;;;;;;;;;;;;;;;;;;;;;;;;;;;;;;;;;;;;;;;;;;;;;;;;;;;;;;;;;;;;;;;;;;;;;;;;;;;;;;;;;;;;;;;;;;;;;;;;;;;;;;;;;;;;;;;;;;;;;;;;;;;;;;;;;;;;;;;;;;;;;;;/h15-19,22,26,32-33,39H,20-21,23H2,1-14H3,(H,46,49);202*1H/t26?,32?,33?,39-,43?;;;;;;;;;;;;;;;;;;;;;;;;;;;;;;;;;;;;;;;;;;;;;;;;;;;;;;;;;;;;;;;;;;;;;;;;;;;;;;;;;;;;;;;;;;;;;;;;;;;;;;;;;;;;;;;;;;;;;;;;;;;;;;;;;;;;;;;;;;;;;;;;;;;;;;;;;;;;;;;;;;;;;;;;;;;;;;;;;;;;;;;;;;;;;;;;;;;;;;;;;;/m1........................................................................................................................................................................................................../s1/i/hD. The number of carbonyl (C=O) groups excluding carboxylic acids is 2. The molecule has 7 heteroatoms. The van der Waals surface area contributed by atoms with Gasteiger partial charge in [0.1, 0.15) is 0 Å². The molecule has 0 saturated carbocycles. The minimum atomic E-state index is -0.786. The zero-order chi connectivity index (χ0) is 38.5. The predicted molar refractivity (Wildman–Crippen MR) is 638 cm³/mol. The highest BCUT2D eigenvalue weighted by atomic mass is 35.5. The van der Waals surface area contributed by atoms with Crippen LogP contribution in [0.4, 0.5) is 0 Å². The van der Waals surface area contributed by atoms with E-state index < -0.39 is 5.54 Å². The lowest BCUT2D eigenvalue weighted by Crippen LogP contribution is -2.67. The Morgan fingerprint density at radius 1 is 0.980 bits per heavy atom. The van der Waals surface area contributed by atoms with Gasteiger partial charge >= 0.3 is 0 Å². The van der Waals surface area contributed by atoms with Crippen LogP contribution in [0.2, 0.25) is 11.5 Å². The minimum absolute atomic E-state index is 0. The number of hydrogen-bond acceptors (Lipinski definition) is 3. The summed E-state index contributed by atoms with van der Waals surface area (Å²) in [5, 5.41) is 2.33. The van der Waals surface area contributed by atoms with Crippen molar-refractivity contribution in [2.45, 2.75) is 119 Å². The van der Waals surface area contributed by atoms with Crippen LogP contribution in [0.25, 0.3) is 0 Å². The molecule has 1 aliphatic heterocycles. The van der Waals surface area contributed by atoms with Gasteiger partial charge in [0.2, 0.25) is 5.91 Å². The number of benzene rings is 3. The summed E-state index contributed by atoms with van der Waals surface area (Å²) in [6.45, 7) is 28.6. The number of likely N-dealkylation sites (tertiary alicyclic amines) is 1. The van der Waals surface area contributed by atoms with Crippen molar-refractivity contribution in [3.63, 3.8) is 0 Å². The van der Waals surface area contributed by atoms with Crippen LogP contribution in [0.5, 0.6) is 0 Å². The Morgan fingerprint density at radius 2 is 1.60 bits per heavy atom. The molecule has 0 radical (unpaired) electrons. The zero-order valence-corrected chi connectivity index (χ0v) is 34.3. The summed E-state index contributed by atoms with van der Waals surface area (Å²) in [5.74, 6) is -0.312. The van der Waals surface area contributed by atoms with E-state index in [0.29, 0.717) is 23.0 Å². The van der Waals surface area contributed by atoms with E-state index in [4.69, 9.17) is 23.2 Å². The van der Waals surface area contributed by atoms with Gasteiger partial charge in [0.15, 0.2) is 1.41 Å². The molecule has 5 nitrogen and oxygen atoms in total. The summed E-state index contributed by atoms with van der Waals surface area (Å²) in [6.07, 6.45) is 0.632. The number of carbonyl (C=O) groups is 2. The maximum atomic E-state index is 14.2. The summed E-state index contributed by atoms with van der Waals surface area (Å²) in [6, 6.07) is 12.1. The lowest BCUT2D eigenvalue weighted by atomic mass is 9.63. The van der Waals surface area contributed by atoms with Crippen molar-refractivity contribution in [3.05, 3.63) is 102 Å². The molecular formula is C43H463Cl2N3O2. The predicted octanol–water partition coefficient (Wildman–Crippen LogP) is 59.9. The third-order valence-corrected chi connectivity index (χ3v) is 13.7. The van der Waals surface area contributed by atoms with Crippen LogP contribution in [-0.2, 0) is 10.3 Å². The Kier molecular flexibility index (Phi) is 11.5. The van der Waals surface area contributed by atoms with E-state index in [1.165, 1.54) is 17.8 Å². The topological polar surface area (TPSA) is 52.7 Å². The molecule has 5 atom stereocenters. The molecule has 0 aliphatic carbocycles. The summed E-state index contributed by atoms with van der Waals surface area (Å²) in [7, 11) is 1.91. The second-order valence-corrected chi connectivity index (χ2v) is 16.5. The van der Waals surface area contributed by atoms with Crippen LogP contribution in [0.15, 0.2) is 36.4 Å². The number of amides is 2. The number of piperidine rings is 1. The summed E-state index contributed by atoms with van der Waals surface area (Å²) >= 11 is 13.5. The summed E-state index contributed by atoms with van der Waals surface area (Å²) in [4.78, 5) is 31.7. The first-order valence-corrected chi connectivity index (χ1v) is 18.8. The molecule has 1 N–H and O–H groups in total. The van der Waals surface area contributed by atoms with E-state index in [1.807, 2.05) is 50.1 Å². The molecule has 676 valence electrons.